The summed E-state index contributed by atoms with van der Waals surface area (Å²) in [6, 6.07) is 10.5. The Kier molecular flexibility index (Phi) is 5.28. The van der Waals surface area contributed by atoms with E-state index in [4.69, 9.17) is 9.84 Å². The predicted molar refractivity (Wildman–Crippen MR) is 91.6 cm³/mol. The van der Waals surface area contributed by atoms with Crippen molar-refractivity contribution in [2.24, 2.45) is 5.92 Å². The summed E-state index contributed by atoms with van der Waals surface area (Å²) < 4.78 is 5.71. The number of benzene rings is 1. The molecule has 6 nitrogen and oxygen atoms in total. The van der Waals surface area contributed by atoms with Crippen molar-refractivity contribution in [2.75, 3.05) is 0 Å². The molecular weight excluding hydrogens is 320 g/mol. The van der Waals surface area contributed by atoms with Crippen LogP contribution in [0.15, 0.2) is 48.8 Å². The number of carboxylic acid groups (broad SMARTS) is 1. The molecule has 1 saturated carbocycles. The van der Waals surface area contributed by atoms with Gasteiger partial charge >= 0.3 is 5.97 Å². The SMILES string of the molecule is O=C(NC1CCC(C(=O)O)CC1)c1cccc(Oc2ccncc2)c1. The van der Waals surface area contributed by atoms with Gasteiger partial charge in [-0.1, -0.05) is 6.07 Å². The molecule has 1 aliphatic carbocycles. The zero-order valence-corrected chi connectivity index (χ0v) is 13.7. The topological polar surface area (TPSA) is 88.5 Å². The van der Waals surface area contributed by atoms with Crippen molar-refractivity contribution in [3.8, 4) is 11.5 Å². The van der Waals surface area contributed by atoms with Crippen molar-refractivity contribution in [1.29, 1.82) is 0 Å². The molecule has 0 aliphatic heterocycles. The lowest BCUT2D eigenvalue weighted by molar-refractivity contribution is -0.142. The van der Waals surface area contributed by atoms with Crippen LogP contribution in [0.3, 0.4) is 0 Å². The summed E-state index contributed by atoms with van der Waals surface area (Å²) in [6.07, 6.45) is 5.86. The summed E-state index contributed by atoms with van der Waals surface area (Å²) in [5, 5.41) is 12.0. The minimum absolute atomic E-state index is 0.0212. The molecular formula is C19H20N2O4. The second-order valence-corrected chi connectivity index (χ2v) is 6.17. The van der Waals surface area contributed by atoms with E-state index in [9.17, 15) is 9.59 Å². The van der Waals surface area contributed by atoms with E-state index in [-0.39, 0.29) is 17.9 Å². The van der Waals surface area contributed by atoms with Crippen molar-refractivity contribution in [3.05, 3.63) is 54.4 Å². The van der Waals surface area contributed by atoms with Crippen LogP contribution in [0.25, 0.3) is 0 Å². The maximum Gasteiger partial charge on any atom is 0.306 e. The van der Waals surface area contributed by atoms with E-state index < -0.39 is 5.97 Å². The number of aromatic nitrogens is 1. The Morgan fingerprint density at radius 3 is 2.44 bits per heavy atom. The Morgan fingerprint density at radius 1 is 1.04 bits per heavy atom. The summed E-state index contributed by atoms with van der Waals surface area (Å²) in [5.74, 6) is 0.0305. The predicted octanol–water partition coefficient (Wildman–Crippen LogP) is 3.25. The lowest BCUT2D eigenvalue weighted by Gasteiger charge is -2.26. The Morgan fingerprint density at radius 2 is 1.76 bits per heavy atom. The van der Waals surface area contributed by atoms with Gasteiger partial charge in [-0.25, -0.2) is 0 Å². The van der Waals surface area contributed by atoms with Gasteiger partial charge in [0.25, 0.3) is 5.91 Å². The Labute approximate surface area is 145 Å². The summed E-state index contributed by atoms with van der Waals surface area (Å²) in [6.45, 7) is 0. The number of hydrogen-bond acceptors (Lipinski definition) is 4. The van der Waals surface area contributed by atoms with E-state index in [2.05, 4.69) is 10.3 Å². The third kappa shape index (κ3) is 4.56. The number of carbonyl (C=O) groups excluding carboxylic acids is 1. The molecule has 1 aromatic carbocycles. The van der Waals surface area contributed by atoms with Crippen LogP contribution in [0.1, 0.15) is 36.0 Å². The van der Waals surface area contributed by atoms with Gasteiger partial charge in [-0.05, 0) is 56.0 Å². The van der Waals surface area contributed by atoms with Gasteiger partial charge in [0, 0.05) is 24.0 Å². The van der Waals surface area contributed by atoms with Gasteiger partial charge in [0.1, 0.15) is 11.5 Å². The zero-order chi connectivity index (χ0) is 17.6. The maximum atomic E-state index is 12.4. The minimum atomic E-state index is -0.745. The molecule has 6 heteroatoms. The lowest BCUT2D eigenvalue weighted by Crippen LogP contribution is -2.38. The van der Waals surface area contributed by atoms with Crippen LogP contribution >= 0.6 is 0 Å². The van der Waals surface area contributed by atoms with Gasteiger partial charge in [-0.2, -0.15) is 0 Å². The number of amides is 1. The van der Waals surface area contributed by atoms with Gasteiger partial charge in [-0.3, -0.25) is 14.6 Å². The first-order chi connectivity index (χ1) is 12.1. The van der Waals surface area contributed by atoms with E-state index in [1.54, 1.807) is 48.8 Å². The molecule has 1 amide bonds. The van der Waals surface area contributed by atoms with E-state index in [0.717, 1.165) is 0 Å². The van der Waals surface area contributed by atoms with Gasteiger partial charge in [0.2, 0.25) is 0 Å². The van der Waals surface area contributed by atoms with Crippen LogP contribution in [0.5, 0.6) is 11.5 Å². The van der Waals surface area contributed by atoms with Crippen LogP contribution in [0, 0.1) is 5.92 Å². The van der Waals surface area contributed by atoms with E-state index in [1.807, 2.05) is 0 Å². The number of nitrogens with zero attached hydrogens (tertiary/aromatic N) is 1. The number of carbonyl (C=O) groups is 2. The Balaban J connectivity index is 1.59. The summed E-state index contributed by atoms with van der Waals surface area (Å²) >= 11 is 0. The monoisotopic (exact) mass is 340 g/mol. The minimum Gasteiger partial charge on any atom is -0.481 e. The molecule has 1 aliphatic rings. The third-order valence-corrected chi connectivity index (χ3v) is 4.39. The van der Waals surface area contributed by atoms with E-state index >= 15 is 0 Å². The molecule has 0 bridgehead atoms. The highest BCUT2D eigenvalue weighted by Gasteiger charge is 2.26. The number of nitrogens with one attached hydrogen (secondary N) is 1. The summed E-state index contributed by atoms with van der Waals surface area (Å²) in [5.41, 5.74) is 0.520. The molecule has 0 atom stereocenters. The third-order valence-electron chi connectivity index (χ3n) is 4.39. The van der Waals surface area contributed by atoms with Crippen molar-refractivity contribution < 1.29 is 19.4 Å². The highest BCUT2D eigenvalue weighted by molar-refractivity contribution is 5.94. The first-order valence-electron chi connectivity index (χ1n) is 8.33. The van der Waals surface area contributed by atoms with Crippen LogP contribution in [-0.2, 0) is 4.79 Å². The van der Waals surface area contributed by atoms with Gasteiger partial charge in [0.15, 0.2) is 0 Å². The Bertz CT molecular complexity index is 740. The molecule has 0 saturated heterocycles. The van der Waals surface area contributed by atoms with Crippen molar-refractivity contribution in [1.82, 2.24) is 10.3 Å². The van der Waals surface area contributed by atoms with E-state index in [1.165, 1.54) is 0 Å². The molecule has 2 aromatic rings. The number of ether oxygens (including phenoxy) is 1. The lowest BCUT2D eigenvalue weighted by atomic mass is 9.86. The van der Waals surface area contributed by atoms with E-state index in [0.29, 0.717) is 42.7 Å². The number of hydrogen-bond donors (Lipinski definition) is 2. The second-order valence-electron chi connectivity index (χ2n) is 6.17. The number of aliphatic carboxylic acids is 1. The van der Waals surface area contributed by atoms with Crippen molar-refractivity contribution >= 4 is 11.9 Å². The van der Waals surface area contributed by atoms with Crippen LogP contribution < -0.4 is 10.1 Å². The average Bonchev–Trinajstić information content (AvgIpc) is 2.63. The normalized spacial score (nSPS) is 19.8. The highest BCUT2D eigenvalue weighted by Crippen LogP contribution is 2.25. The molecule has 3 rings (SSSR count). The first kappa shape index (κ1) is 17.0. The molecule has 130 valence electrons. The van der Waals surface area contributed by atoms with Crippen LogP contribution in [-0.4, -0.2) is 28.0 Å². The van der Waals surface area contributed by atoms with Gasteiger partial charge < -0.3 is 15.2 Å². The highest BCUT2D eigenvalue weighted by atomic mass is 16.5. The first-order valence-corrected chi connectivity index (χ1v) is 8.33. The van der Waals surface area contributed by atoms with Crippen LogP contribution in [0.2, 0.25) is 0 Å². The van der Waals surface area contributed by atoms with Crippen molar-refractivity contribution in [2.45, 2.75) is 31.7 Å². The van der Waals surface area contributed by atoms with Gasteiger partial charge in [-0.15, -0.1) is 0 Å². The number of carboxylic acids is 1. The van der Waals surface area contributed by atoms with Crippen LogP contribution in [0.4, 0.5) is 0 Å². The summed E-state index contributed by atoms with van der Waals surface area (Å²) in [4.78, 5) is 27.4. The fourth-order valence-electron chi connectivity index (χ4n) is 3.00. The van der Waals surface area contributed by atoms with Gasteiger partial charge in [0.05, 0.1) is 5.92 Å². The standard InChI is InChI=1S/C19H20N2O4/c22-18(21-15-6-4-13(5-7-15)19(23)24)14-2-1-3-17(12-14)25-16-8-10-20-11-9-16/h1-3,8-13,15H,4-7H2,(H,21,22)(H,23,24). The van der Waals surface area contributed by atoms with Crippen molar-refractivity contribution in [3.63, 3.8) is 0 Å². The maximum absolute atomic E-state index is 12.4. The second kappa shape index (κ2) is 7.79. The molecule has 0 radical (unpaired) electrons. The quantitative estimate of drug-likeness (QED) is 0.872. The Hall–Kier alpha value is -2.89. The summed E-state index contributed by atoms with van der Waals surface area (Å²) in [7, 11) is 0. The molecule has 25 heavy (non-hydrogen) atoms. The molecule has 1 aromatic heterocycles. The fraction of sp³-hybridized carbons (Fsp3) is 0.316. The average molecular weight is 340 g/mol. The molecule has 0 spiro atoms. The molecule has 1 heterocycles. The zero-order valence-electron chi connectivity index (χ0n) is 13.7. The largest absolute Gasteiger partial charge is 0.481 e. The molecule has 2 N–H and O–H groups in total. The molecule has 0 unspecified atom stereocenters. The molecule has 1 fully saturated rings. The number of rotatable bonds is 5. The fourth-order valence-corrected chi connectivity index (χ4v) is 3.00. The number of pyridine rings is 1. The smallest absolute Gasteiger partial charge is 0.306 e.